The number of halogens is 1. The second-order valence-corrected chi connectivity index (χ2v) is 7.19. The molecule has 1 saturated carbocycles. The average molecular weight is 335 g/mol. The molecule has 0 saturated heterocycles. The zero-order valence-corrected chi connectivity index (χ0v) is 12.3. The molecule has 0 aromatic heterocycles. The molecule has 1 aromatic carbocycles. The van der Waals surface area contributed by atoms with Crippen LogP contribution in [0.25, 0.3) is 0 Å². The number of rotatable bonds is 5. The smallest absolute Gasteiger partial charge is 0.301 e. The van der Waals surface area contributed by atoms with Crippen LogP contribution in [0.3, 0.4) is 0 Å². The van der Waals surface area contributed by atoms with E-state index in [4.69, 9.17) is 0 Å². The summed E-state index contributed by atoms with van der Waals surface area (Å²) in [6.45, 7) is 0.520. The minimum atomic E-state index is -3.60. The Labute approximate surface area is 115 Å². The number of benzene rings is 1. The SMILES string of the molecule is CN(CC1CC1)S(=O)(=O)Nc1ccc(Br)cc1O. The predicted octanol–water partition coefficient (Wildman–Crippen LogP) is 2.15. The number of phenols is 1. The number of nitrogens with zero attached hydrogens (tertiary/aromatic N) is 1. The van der Waals surface area contributed by atoms with Crippen molar-refractivity contribution in [3.63, 3.8) is 0 Å². The van der Waals surface area contributed by atoms with Crippen LogP contribution in [0.1, 0.15) is 12.8 Å². The van der Waals surface area contributed by atoms with E-state index in [2.05, 4.69) is 20.7 Å². The van der Waals surface area contributed by atoms with Crippen molar-refractivity contribution in [2.45, 2.75) is 12.8 Å². The second-order valence-electron chi connectivity index (χ2n) is 4.49. The Balaban J connectivity index is 2.10. The van der Waals surface area contributed by atoms with Gasteiger partial charge < -0.3 is 5.11 Å². The molecule has 0 bridgehead atoms. The van der Waals surface area contributed by atoms with Gasteiger partial charge in [-0.1, -0.05) is 15.9 Å². The first-order chi connectivity index (χ1) is 8.38. The van der Waals surface area contributed by atoms with Gasteiger partial charge >= 0.3 is 10.2 Å². The van der Waals surface area contributed by atoms with Crippen LogP contribution in [0.5, 0.6) is 5.75 Å². The first kappa shape index (κ1) is 13.6. The number of nitrogens with one attached hydrogen (secondary N) is 1. The van der Waals surface area contributed by atoms with E-state index < -0.39 is 10.2 Å². The third kappa shape index (κ3) is 3.37. The van der Waals surface area contributed by atoms with E-state index in [-0.39, 0.29) is 11.4 Å². The van der Waals surface area contributed by atoms with Crippen LogP contribution in [0.2, 0.25) is 0 Å². The highest BCUT2D eigenvalue weighted by Gasteiger charge is 2.28. The van der Waals surface area contributed by atoms with Gasteiger partial charge in [-0.05, 0) is 37.0 Å². The summed E-state index contributed by atoms with van der Waals surface area (Å²) in [5.74, 6) is 0.373. The lowest BCUT2D eigenvalue weighted by molar-refractivity contribution is 0.455. The minimum absolute atomic E-state index is 0.104. The highest BCUT2D eigenvalue weighted by atomic mass is 79.9. The van der Waals surface area contributed by atoms with Gasteiger partial charge in [0.15, 0.2) is 0 Å². The van der Waals surface area contributed by atoms with E-state index in [0.29, 0.717) is 16.9 Å². The molecule has 0 amide bonds. The number of anilines is 1. The van der Waals surface area contributed by atoms with Crippen molar-refractivity contribution >= 4 is 31.8 Å². The molecule has 0 atom stereocenters. The summed E-state index contributed by atoms with van der Waals surface area (Å²) in [7, 11) is -2.06. The van der Waals surface area contributed by atoms with Gasteiger partial charge in [-0.3, -0.25) is 4.72 Å². The van der Waals surface area contributed by atoms with Crippen LogP contribution in [0, 0.1) is 5.92 Å². The summed E-state index contributed by atoms with van der Waals surface area (Å²) in [4.78, 5) is 0. The predicted molar refractivity (Wildman–Crippen MR) is 73.7 cm³/mol. The van der Waals surface area contributed by atoms with Crippen molar-refractivity contribution in [3.05, 3.63) is 22.7 Å². The van der Waals surface area contributed by atoms with E-state index in [1.54, 1.807) is 6.07 Å². The van der Waals surface area contributed by atoms with Crippen LogP contribution in [0.15, 0.2) is 22.7 Å². The molecule has 2 N–H and O–H groups in total. The van der Waals surface area contributed by atoms with Crippen LogP contribution in [0.4, 0.5) is 5.69 Å². The lowest BCUT2D eigenvalue weighted by atomic mass is 10.3. The Morgan fingerprint density at radius 1 is 1.50 bits per heavy atom. The maximum atomic E-state index is 12.0. The third-order valence-corrected chi connectivity index (χ3v) is 4.76. The molecule has 100 valence electrons. The Kier molecular flexibility index (Phi) is 3.84. The molecule has 7 heteroatoms. The summed E-state index contributed by atoms with van der Waals surface area (Å²) >= 11 is 3.20. The van der Waals surface area contributed by atoms with Crippen LogP contribution < -0.4 is 4.72 Å². The molecule has 2 rings (SSSR count). The Morgan fingerprint density at radius 3 is 2.72 bits per heavy atom. The molecule has 1 aliphatic rings. The topological polar surface area (TPSA) is 69.6 Å². The van der Waals surface area contributed by atoms with E-state index >= 15 is 0 Å². The number of aromatic hydroxyl groups is 1. The molecule has 1 fully saturated rings. The van der Waals surface area contributed by atoms with E-state index in [1.165, 1.54) is 23.5 Å². The van der Waals surface area contributed by atoms with Crippen molar-refractivity contribution in [1.29, 1.82) is 0 Å². The van der Waals surface area contributed by atoms with Gasteiger partial charge in [0, 0.05) is 18.1 Å². The lowest BCUT2D eigenvalue weighted by Crippen LogP contribution is -2.34. The maximum absolute atomic E-state index is 12.0. The molecule has 0 radical (unpaired) electrons. The molecular formula is C11H15BrN2O3S. The van der Waals surface area contributed by atoms with Crippen LogP contribution in [-0.2, 0) is 10.2 Å². The molecule has 0 aliphatic heterocycles. The van der Waals surface area contributed by atoms with Crippen LogP contribution in [-0.4, -0.2) is 31.4 Å². The molecular weight excluding hydrogens is 320 g/mol. The maximum Gasteiger partial charge on any atom is 0.301 e. The summed E-state index contributed by atoms with van der Waals surface area (Å²) in [6.07, 6.45) is 2.17. The fraction of sp³-hybridized carbons (Fsp3) is 0.455. The molecule has 1 aliphatic carbocycles. The van der Waals surface area contributed by atoms with E-state index in [9.17, 15) is 13.5 Å². The fourth-order valence-corrected chi connectivity index (χ4v) is 2.93. The lowest BCUT2D eigenvalue weighted by Gasteiger charge is -2.18. The van der Waals surface area contributed by atoms with Crippen molar-refractivity contribution in [3.8, 4) is 5.75 Å². The first-order valence-corrected chi connectivity index (χ1v) is 7.84. The summed E-state index contributed by atoms with van der Waals surface area (Å²) in [5, 5.41) is 9.66. The summed E-state index contributed by atoms with van der Waals surface area (Å²) in [6, 6.07) is 4.62. The highest BCUT2D eigenvalue weighted by molar-refractivity contribution is 9.10. The number of hydrogen-bond acceptors (Lipinski definition) is 3. The molecule has 0 heterocycles. The largest absolute Gasteiger partial charge is 0.506 e. The normalized spacial score (nSPS) is 15.9. The van der Waals surface area contributed by atoms with E-state index in [0.717, 1.165) is 12.8 Å². The van der Waals surface area contributed by atoms with Gasteiger partial charge in [0.25, 0.3) is 0 Å². The van der Waals surface area contributed by atoms with Crippen molar-refractivity contribution < 1.29 is 13.5 Å². The van der Waals surface area contributed by atoms with Gasteiger partial charge in [0.1, 0.15) is 5.75 Å². The van der Waals surface area contributed by atoms with Gasteiger partial charge in [-0.25, -0.2) is 0 Å². The Hall–Kier alpha value is -0.790. The second kappa shape index (κ2) is 5.07. The summed E-state index contributed by atoms with van der Waals surface area (Å²) < 4.78 is 28.3. The Bertz CT molecular complexity index is 543. The van der Waals surface area contributed by atoms with Crippen molar-refractivity contribution in [2.24, 2.45) is 5.92 Å². The molecule has 5 nitrogen and oxygen atoms in total. The zero-order valence-electron chi connectivity index (χ0n) is 9.93. The zero-order chi connectivity index (χ0) is 13.3. The van der Waals surface area contributed by atoms with Gasteiger partial charge in [-0.2, -0.15) is 12.7 Å². The fourth-order valence-electron chi connectivity index (χ4n) is 1.57. The standard InChI is InChI=1S/C11H15BrN2O3S/c1-14(7-8-2-3-8)18(16,17)13-10-5-4-9(12)6-11(10)15/h4-6,8,13,15H,2-3,7H2,1H3. The van der Waals surface area contributed by atoms with Crippen LogP contribution >= 0.6 is 15.9 Å². The van der Waals surface area contributed by atoms with Crippen molar-refractivity contribution in [2.75, 3.05) is 18.3 Å². The summed E-state index contributed by atoms with van der Waals surface area (Å²) in [5.41, 5.74) is 0.181. The minimum Gasteiger partial charge on any atom is -0.506 e. The first-order valence-electron chi connectivity index (χ1n) is 5.61. The average Bonchev–Trinajstić information content (AvgIpc) is 3.06. The number of phenolic OH excluding ortho intramolecular Hbond substituents is 1. The number of hydrogen-bond donors (Lipinski definition) is 2. The monoisotopic (exact) mass is 334 g/mol. The Morgan fingerprint density at radius 2 is 2.17 bits per heavy atom. The van der Waals surface area contributed by atoms with E-state index in [1.807, 2.05) is 0 Å². The molecule has 1 aromatic rings. The molecule has 0 spiro atoms. The van der Waals surface area contributed by atoms with Crippen molar-refractivity contribution in [1.82, 2.24) is 4.31 Å². The van der Waals surface area contributed by atoms with Gasteiger partial charge in [0.2, 0.25) is 0 Å². The third-order valence-electron chi connectivity index (χ3n) is 2.82. The molecule has 18 heavy (non-hydrogen) atoms. The highest BCUT2D eigenvalue weighted by Crippen LogP contribution is 2.31. The molecule has 0 unspecified atom stereocenters. The van der Waals surface area contributed by atoms with Gasteiger partial charge in [0.05, 0.1) is 5.69 Å². The quantitative estimate of drug-likeness (QED) is 0.810. The van der Waals surface area contributed by atoms with Gasteiger partial charge in [-0.15, -0.1) is 0 Å².